The fourth-order valence-corrected chi connectivity index (χ4v) is 5.58. The van der Waals surface area contributed by atoms with E-state index in [-0.39, 0.29) is 5.92 Å². The molecule has 0 aliphatic carbocycles. The van der Waals surface area contributed by atoms with Gasteiger partial charge >= 0.3 is 5.97 Å². The molecule has 2 aromatic heterocycles. The number of aliphatic hydroxyl groups excluding tert-OH is 1. The Labute approximate surface area is 209 Å². The Bertz CT molecular complexity index is 1120. The van der Waals surface area contributed by atoms with Crippen LogP contribution in [0, 0.1) is 11.8 Å². The van der Waals surface area contributed by atoms with Crippen LogP contribution in [0.1, 0.15) is 37.4 Å². The first-order chi connectivity index (χ1) is 17.0. The molecule has 3 heterocycles. The first-order valence-electron chi connectivity index (χ1n) is 12.0. The zero-order valence-corrected chi connectivity index (χ0v) is 20.7. The number of carbonyl (C=O) groups is 1. The van der Waals surface area contributed by atoms with Crippen LogP contribution in [0.5, 0.6) is 5.75 Å². The highest BCUT2D eigenvalue weighted by Crippen LogP contribution is 2.34. The molecule has 0 spiro atoms. The first kappa shape index (κ1) is 25.3. The number of ether oxygens (including phenoxy) is 1. The second-order valence-electron chi connectivity index (χ2n) is 8.92. The van der Waals surface area contributed by atoms with Gasteiger partial charge in [-0.3, -0.25) is 9.78 Å². The highest BCUT2D eigenvalue weighted by molar-refractivity contribution is 7.99. The summed E-state index contributed by atoms with van der Waals surface area (Å²) in [5.74, 6) is 0.540. The molecule has 1 fully saturated rings. The van der Waals surface area contributed by atoms with Gasteiger partial charge in [-0.15, -0.1) is 11.8 Å². The van der Waals surface area contributed by atoms with Crippen molar-refractivity contribution in [3.05, 3.63) is 54.6 Å². The molecule has 8 nitrogen and oxygen atoms in total. The van der Waals surface area contributed by atoms with Crippen molar-refractivity contribution in [1.82, 2.24) is 19.9 Å². The summed E-state index contributed by atoms with van der Waals surface area (Å²) in [4.78, 5) is 26.8. The Morgan fingerprint density at radius 1 is 1.26 bits per heavy atom. The SMILES string of the molecule is COc1ccc2nccc([C@@H](O)CC[C@@H]3CCN(CCCSc4ccncn4)C[C@@H]3C(=O)O)c2c1. The molecule has 2 N–H and O–H groups in total. The number of hydrogen-bond donors (Lipinski definition) is 2. The summed E-state index contributed by atoms with van der Waals surface area (Å²) in [7, 11) is 1.61. The van der Waals surface area contributed by atoms with Crippen molar-refractivity contribution in [3.8, 4) is 5.75 Å². The number of pyridine rings is 1. The Morgan fingerprint density at radius 3 is 2.91 bits per heavy atom. The van der Waals surface area contributed by atoms with Gasteiger partial charge in [0.05, 0.1) is 29.7 Å². The maximum Gasteiger partial charge on any atom is 0.308 e. The standard InChI is InChI=1S/C26H32N4O4S/c1-34-19-4-5-23-21(15-19)20(7-11-28-23)24(31)6-3-18-9-13-30(16-22(18)26(32)33)12-2-14-35-25-8-10-27-17-29-25/h4-5,7-8,10-11,15,17-18,22,24,31H,2-3,6,9,12-14,16H2,1H3,(H,32,33)/t18-,22+,24+/m1/s1. The van der Waals surface area contributed by atoms with Crippen molar-refractivity contribution >= 4 is 28.6 Å². The van der Waals surface area contributed by atoms with E-state index in [0.717, 1.165) is 53.2 Å². The van der Waals surface area contributed by atoms with E-state index in [0.29, 0.717) is 25.1 Å². The molecule has 35 heavy (non-hydrogen) atoms. The molecule has 1 saturated heterocycles. The molecule has 9 heteroatoms. The van der Waals surface area contributed by atoms with Crippen molar-refractivity contribution in [2.45, 2.75) is 36.8 Å². The lowest BCUT2D eigenvalue weighted by molar-refractivity contribution is -0.146. The van der Waals surface area contributed by atoms with E-state index >= 15 is 0 Å². The van der Waals surface area contributed by atoms with Gasteiger partial charge in [-0.1, -0.05) is 0 Å². The van der Waals surface area contributed by atoms with Crippen molar-refractivity contribution < 1.29 is 19.7 Å². The number of benzene rings is 1. The van der Waals surface area contributed by atoms with E-state index in [2.05, 4.69) is 19.9 Å². The molecule has 3 atom stereocenters. The summed E-state index contributed by atoms with van der Waals surface area (Å²) in [5, 5.41) is 22.7. The van der Waals surface area contributed by atoms with Gasteiger partial charge in [-0.05, 0) is 80.6 Å². The van der Waals surface area contributed by atoms with E-state index in [1.165, 1.54) is 0 Å². The number of likely N-dealkylation sites (tertiary alicyclic amines) is 1. The van der Waals surface area contributed by atoms with Gasteiger partial charge in [-0.2, -0.15) is 0 Å². The Hall–Kier alpha value is -2.75. The molecule has 4 rings (SSSR count). The number of nitrogens with zero attached hydrogens (tertiary/aromatic N) is 4. The van der Waals surface area contributed by atoms with Crippen LogP contribution in [0.25, 0.3) is 10.9 Å². The third kappa shape index (κ3) is 6.68. The van der Waals surface area contributed by atoms with Crippen LogP contribution in [0.3, 0.4) is 0 Å². The minimum absolute atomic E-state index is 0.0523. The number of aromatic nitrogens is 3. The number of carboxylic acid groups (broad SMARTS) is 1. The summed E-state index contributed by atoms with van der Waals surface area (Å²) in [6.07, 6.45) is 7.30. The summed E-state index contributed by atoms with van der Waals surface area (Å²) in [5.41, 5.74) is 1.61. The zero-order chi connectivity index (χ0) is 24.6. The predicted octanol–water partition coefficient (Wildman–Crippen LogP) is 4.05. The second-order valence-corrected chi connectivity index (χ2v) is 10.0. The van der Waals surface area contributed by atoms with E-state index in [1.54, 1.807) is 37.6 Å². The normalized spacial score (nSPS) is 19.5. The maximum atomic E-state index is 12.1. The van der Waals surface area contributed by atoms with Crippen LogP contribution in [-0.4, -0.2) is 68.5 Å². The molecule has 186 valence electrons. The minimum atomic E-state index is -0.747. The molecule has 0 saturated carbocycles. The van der Waals surface area contributed by atoms with Crippen LogP contribution < -0.4 is 4.74 Å². The number of rotatable bonds is 11. The quantitative estimate of drug-likeness (QED) is 0.231. The summed E-state index contributed by atoms with van der Waals surface area (Å²) >= 11 is 1.69. The van der Waals surface area contributed by atoms with Gasteiger partial charge in [0.25, 0.3) is 0 Å². The number of carboxylic acids is 1. The summed E-state index contributed by atoms with van der Waals surface area (Å²) in [6.45, 7) is 2.32. The van der Waals surface area contributed by atoms with Crippen LogP contribution in [-0.2, 0) is 4.79 Å². The van der Waals surface area contributed by atoms with Crippen molar-refractivity contribution in [3.63, 3.8) is 0 Å². The molecule has 0 radical (unpaired) electrons. The number of fused-ring (bicyclic) bond motifs is 1. The fourth-order valence-electron chi connectivity index (χ4n) is 4.82. The molecule has 0 unspecified atom stereocenters. The third-order valence-electron chi connectivity index (χ3n) is 6.73. The number of hydrogen-bond acceptors (Lipinski definition) is 8. The smallest absolute Gasteiger partial charge is 0.308 e. The summed E-state index contributed by atoms with van der Waals surface area (Å²) in [6, 6.07) is 9.36. The minimum Gasteiger partial charge on any atom is -0.497 e. The highest BCUT2D eigenvalue weighted by Gasteiger charge is 2.34. The van der Waals surface area contributed by atoms with Gasteiger partial charge in [-0.25, -0.2) is 9.97 Å². The highest BCUT2D eigenvalue weighted by atomic mass is 32.2. The van der Waals surface area contributed by atoms with Crippen molar-refractivity contribution in [2.75, 3.05) is 32.5 Å². The van der Waals surface area contributed by atoms with Gasteiger partial charge in [0.15, 0.2) is 0 Å². The van der Waals surface area contributed by atoms with Gasteiger partial charge in [0, 0.05) is 30.1 Å². The number of piperidine rings is 1. The first-order valence-corrected chi connectivity index (χ1v) is 13.0. The second kappa shape index (κ2) is 12.3. The molecular weight excluding hydrogens is 464 g/mol. The van der Waals surface area contributed by atoms with Crippen LogP contribution in [0.15, 0.2) is 54.1 Å². The van der Waals surface area contributed by atoms with Crippen molar-refractivity contribution in [2.24, 2.45) is 11.8 Å². The lowest BCUT2D eigenvalue weighted by atomic mass is 9.81. The largest absolute Gasteiger partial charge is 0.497 e. The molecule has 1 aromatic carbocycles. The van der Waals surface area contributed by atoms with E-state index in [1.807, 2.05) is 30.3 Å². The molecule has 1 aliphatic heterocycles. The Morgan fingerprint density at radius 2 is 2.14 bits per heavy atom. The third-order valence-corrected chi connectivity index (χ3v) is 7.76. The lowest BCUT2D eigenvalue weighted by Crippen LogP contribution is -2.44. The van der Waals surface area contributed by atoms with Gasteiger partial charge < -0.3 is 19.8 Å². The zero-order valence-electron chi connectivity index (χ0n) is 19.9. The van der Waals surface area contributed by atoms with E-state index < -0.39 is 18.0 Å². The van der Waals surface area contributed by atoms with Gasteiger partial charge in [0.2, 0.25) is 0 Å². The number of thioether (sulfide) groups is 1. The summed E-state index contributed by atoms with van der Waals surface area (Å²) < 4.78 is 5.33. The van der Waals surface area contributed by atoms with Crippen LogP contribution in [0.2, 0.25) is 0 Å². The monoisotopic (exact) mass is 496 g/mol. The number of aliphatic carboxylic acids is 1. The Balaban J connectivity index is 1.30. The average molecular weight is 497 g/mol. The average Bonchev–Trinajstić information content (AvgIpc) is 2.89. The molecule has 0 amide bonds. The fraction of sp³-hybridized carbons (Fsp3) is 0.462. The predicted molar refractivity (Wildman–Crippen MR) is 136 cm³/mol. The number of aliphatic hydroxyl groups is 1. The van der Waals surface area contributed by atoms with Crippen LogP contribution >= 0.6 is 11.8 Å². The Kier molecular flexibility index (Phi) is 8.90. The van der Waals surface area contributed by atoms with Crippen LogP contribution in [0.4, 0.5) is 0 Å². The molecule has 3 aromatic rings. The number of methoxy groups -OCH3 is 1. The van der Waals surface area contributed by atoms with Gasteiger partial charge in [0.1, 0.15) is 12.1 Å². The van der Waals surface area contributed by atoms with E-state index in [9.17, 15) is 15.0 Å². The molecular formula is C26H32N4O4S. The van der Waals surface area contributed by atoms with Crippen molar-refractivity contribution in [1.29, 1.82) is 0 Å². The topological polar surface area (TPSA) is 109 Å². The van der Waals surface area contributed by atoms with E-state index in [4.69, 9.17) is 4.74 Å². The maximum absolute atomic E-state index is 12.1. The lowest BCUT2D eigenvalue weighted by Gasteiger charge is -2.37. The molecule has 1 aliphatic rings. The molecule has 0 bridgehead atoms.